The molecule has 5 rings (SSSR count). The lowest BCUT2D eigenvalue weighted by atomic mass is 10.1. The summed E-state index contributed by atoms with van der Waals surface area (Å²) in [6.45, 7) is 0.0408. The van der Waals surface area contributed by atoms with Gasteiger partial charge in [-0.25, -0.2) is 27.2 Å². The van der Waals surface area contributed by atoms with Crippen molar-refractivity contribution in [2.75, 3.05) is 32.9 Å². The second-order valence-corrected chi connectivity index (χ2v) is 8.95. The van der Waals surface area contributed by atoms with Gasteiger partial charge in [-0.05, 0) is 18.2 Å². The highest BCUT2D eigenvalue weighted by Gasteiger charge is 2.23. The molecular weight excluding hydrogens is 534 g/mol. The van der Waals surface area contributed by atoms with Gasteiger partial charge in [-0.3, -0.25) is 9.59 Å². The quantitative estimate of drug-likeness (QED) is 0.352. The summed E-state index contributed by atoms with van der Waals surface area (Å²) in [4.78, 5) is 34.6. The van der Waals surface area contributed by atoms with Gasteiger partial charge in [-0.1, -0.05) is 11.6 Å². The Balaban J connectivity index is 1.54. The first-order valence-corrected chi connectivity index (χ1v) is 11.9. The number of halogens is 5. The Hall–Kier alpha value is -3.71. The molecule has 0 bridgehead atoms. The van der Waals surface area contributed by atoms with Crippen LogP contribution >= 0.6 is 11.6 Å². The van der Waals surface area contributed by atoms with Crippen LogP contribution in [0.3, 0.4) is 0 Å². The van der Waals surface area contributed by atoms with Crippen LogP contribution in [-0.2, 0) is 22.5 Å². The van der Waals surface area contributed by atoms with Crippen LogP contribution in [0.25, 0.3) is 21.8 Å². The highest BCUT2D eigenvalue weighted by molar-refractivity contribution is 6.32. The Morgan fingerprint density at radius 3 is 2.58 bits per heavy atom. The minimum absolute atomic E-state index is 0.00406. The maximum absolute atomic E-state index is 14.9. The predicted molar refractivity (Wildman–Crippen MR) is 129 cm³/mol. The number of ether oxygens (including phenoxy) is 2. The summed E-state index contributed by atoms with van der Waals surface area (Å²) in [6, 6.07) is 4.52. The Kier molecular flexibility index (Phi) is 7.21. The number of benzene rings is 2. The Labute approximate surface area is 216 Å². The minimum atomic E-state index is -2.70. The van der Waals surface area contributed by atoms with Gasteiger partial charge in [-0.15, -0.1) is 0 Å². The van der Waals surface area contributed by atoms with E-state index in [1.807, 2.05) is 0 Å². The first-order chi connectivity index (χ1) is 18.2. The lowest BCUT2D eigenvalue weighted by Gasteiger charge is -2.27. The van der Waals surface area contributed by atoms with Crippen molar-refractivity contribution in [2.45, 2.75) is 19.4 Å². The molecule has 1 N–H and O–H groups in total. The number of alkyl halides is 2. The zero-order valence-electron chi connectivity index (χ0n) is 19.6. The van der Waals surface area contributed by atoms with Gasteiger partial charge in [0.1, 0.15) is 36.4 Å². The van der Waals surface area contributed by atoms with Gasteiger partial charge in [0.05, 0.1) is 46.8 Å². The largest absolute Gasteiger partial charge is 0.486 e. The average Bonchev–Trinajstić information content (AvgIpc) is 3.27. The lowest BCUT2D eigenvalue weighted by molar-refractivity contribution is -0.136. The topological polar surface area (TPSA) is 102 Å². The van der Waals surface area contributed by atoms with Crippen LogP contribution in [0.1, 0.15) is 11.5 Å². The summed E-state index contributed by atoms with van der Waals surface area (Å²) in [7, 11) is 0. The molecule has 0 saturated carbocycles. The second kappa shape index (κ2) is 10.6. The van der Waals surface area contributed by atoms with E-state index in [0.717, 1.165) is 16.8 Å². The molecule has 1 aliphatic heterocycles. The van der Waals surface area contributed by atoms with E-state index in [-0.39, 0.29) is 34.1 Å². The standard InChI is InChI=1S/C24H20ClF4N5O4/c25-12-7-15-16(8-18(12)38-11-19(28)29)31-20(30-15)9-17-22-13(26)1-2-14(27)23(22)24(36)34(32-17)10-21(35)33-3-5-37-6-4-33/h1-2,7-8,19H,3-6,9-11H2,(H,30,31). The number of nitrogens with one attached hydrogen (secondary N) is 1. The maximum Gasteiger partial charge on any atom is 0.278 e. The summed E-state index contributed by atoms with van der Waals surface area (Å²) >= 11 is 6.12. The molecule has 0 atom stereocenters. The Morgan fingerprint density at radius 2 is 1.87 bits per heavy atom. The molecule has 0 radical (unpaired) electrons. The number of carbonyl (C=O) groups excluding carboxylic acids is 1. The first-order valence-electron chi connectivity index (χ1n) is 11.5. The summed E-state index contributed by atoms with van der Waals surface area (Å²) < 4.78 is 65.8. The third-order valence-corrected chi connectivity index (χ3v) is 6.31. The number of fused-ring (bicyclic) bond motifs is 2. The Bertz CT molecular complexity index is 1590. The van der Waals surface area contributed by atoms with E-state index in [4.69, 9.17) is 21.1 Å². The SMILES string of the molecule is O=C(Cn1nc(Cc2nc3cc(OCC(F)F)c(Cl)cc3[nH]2)c2c(F)ccc(F)c2c1=O)N1CCOCC1. The van der Waals surface area contributed by atoms with Crippen LogP contribution in [0.4, 0.5) is 17.6 Å². The molecule has 0 unspecified atom stereocenters. The summed E-state index contributed by atoms with van der Waals surface area (Å²) in [5.41, 5.74) is -0.230. The van der Waals surface area contributed by atoms with Gasteiger partial charge >= 0.3 is 0 Å². The van der Waals surface area contributed by atoms with Gasteiger partial charge in [0.25, 0.3) is 12.0 Å². The fraction of sp³-hybridized carbons (Fsp3) is 0.333. The minimum Gasteiger partial charge on any atom is -0.486 e. The summed E-state index contributed by atoms with van der Waals surface area (Å²) in [5.74, 6) is -2.00. The fourth-order valence-electron chi connectivity index (χ4n) is 4.25. The summed E-state index contributed by atoms with van der Waals surface area (Å²) in [5, 5.41) is 3.42. The van der Waals surface area contributed by atoms with Crippen molar-refractivity contribution in [3.05, 3.63) is 62.8 Å². The number of hydrogen-bond donors (Lipinski definition) is 1. The van der Waals surface area contributed by atoms with Gasteiger partial charge in [0.15, 0.2) is 0 Å². The van der Waals surface area contributed by atoms with E-state index in [9.17, 15) is 27.2 Å². The van der Waals surface area contributed by atoms with E-state index in [1.54, 1.807) is 0 Å². The van der Waals surface area contributed by atoms with Crippen LogP contribution in [0.2, 0.25) is 5.02 Å². The average molecular weight is 554 g/mol. The number of nitrogens with zero attached hydrogens (tertiary/aromatic N) is 4. The second-order valence-electron chi connectivity index (χ2n) is 8.54. The van der Waals surface area contributed by atoms with Crippen molar-refractivity contribution in [2.24, 2.45) is 0 Å². The van der Waals surface area contributed by atoms with Crippen LogP contribution in [0.5, 0.6) is 5.75 Å². The third kappa shape index (κ3) is 5.16. The van der Waals surface area contributed by atoms with Crippen LogP contribution < -0.4 is 10.3 Å². The molecule has 1 amide bonds. The molecule has 2 aromatic carbocycles. The van der Waals surface area contributed by atoms with Gasteiger partial charge in [-0.2, -0.15) is 5.10 Å². The molecule has 4 aromatic rings. The van der Waals surface area contributed by atoms with Gasteiger partial charge < -0.3 is 19.4 Å². The maximum atomic E-state index is 14.9. The third-order valence-electron chi connectivity index (χ3n) is 6.02. The number of hydrogen-bond acceptors (Lipinski definition) is 6. The highest BCUT2D eigenvalue weighted by Crippen LogP contribution is 2.30. The Morgan fingerprint density at radius 1 is 1.16 bits per heavy atom. The number of carbonyl (C=O) groups is 1. The van der Waals surface area contributed by atoms with Crippen LogP contribution in [-0.4, -0.2) is 69.9 Å². The van der Waals surface area contributed by atoms with Gasteiger partial charge in [0, 0.05) is 24.5 Å². The van der Waals surface area contributed by atoms with E-state index in [1.165, 1.54) is 17.0 Å². The molecule has 0 aliphatic carbocycles. The van der Waals surface area contributed by atoms with E-state index in [2.05, 4.69) is 15.1 Å². The number of morpholine rings is 1. The molecule has 14 heteroatoms. The predicted octanol–water partition coefficient (Wildman–Crippen LogP) is 3.30. The molecule has 200 valence electrons. The molecule has 2 aromatic heterocycles. The van der Waals surface area contributed by atoms with Crippen LogP contribution in [0.15, 0.2) is 29.1 Å². The molecule has 0 spiro atoms. The molecule has 38 heavy (non-hydrogen) atoms. The molecule has 9 nitrogen and oxygen atoms in total. The lowest BCUT2D eigenvalue weighted by Crippen LogP contribution is -2.44. The van der Waals surface area contributed by atoms with Crippen molar-refractivity contribution in [1.29, 1.82) is 0 Å². The fourth-order valence-corrected chi connectivity index (χ4v) is 4.47. The van der Waals surface area contributed by atoms with Crippen molar-refractivity contribution in [3.63, 3.8) is 0 Å². The zero-order chi connectivity index (χ0) is 27.0. The number of H-pyrrole nitrogens is 1. The number of amides is 1. The molecule has 1 aliphatic rings. The van der Waals surface area contributed by atoms with Gasteiger partial charge in [0.2, 0.25) is 5.91 Å². The molecule has 3 heterocycles. The van der Waals surface area contributed by atoms with Crippen molar-refractivity contribution >= 4 is 39.3 Å². The molecule has 1 saturated heterocycles. The first kappa shape index (κ1) is 25.9. The van der Waals surface area contributed by atoms with E-state index >= 15 is 0 Å². The normalized spacial score (nSPS) is 14.1. The molecular formula is C24H20ClF4N5O4. The van der Waals surface area contributed by atoms with E-state index in [0.29, 0.717) is 37.3 Å². The number of rotatable bonds is 7. The van der Waals surface area contributed by atoms with E-state index < -0.39 is 48.1 Å². The monoisotopic (exact) mass is 553 g/mol. The number of aromatic amines is 1. The number of imidazole rings is 1. The summed E-state index contributed by atoms with van der Waals surface area (Å²) in [6.07, 6.45) is -2.88. The zero-order valence-corrected chi connectivity index (χ0v) is 20.4. The van der Waals surface area contributed by atoms with Crippen molar-refractivity contribution < 1.29 is 31.8 Å². The van der Waals surface area contributed by atoms with Crippen molar-refractivity contribution in [1.82, 2.24) is 24.6 Å². The molecule has 1 fully saturated rings. The van der Waals surface area contributed by atoms with Crippen molar-refractivity contribution in [3.8, 4) is 5.75 Å². The highest BCUT2D eigenvalue weighted by atomic mass is 35.5. The van der Waals surface area contributed by atoms with Crippen LogP contribution in [0, 0.1) is 11.6 Å². The smallest absolute Gasteiger partial charge is 0.278 e. The number of aromatic nitrogens is 4.